The van der Waals surface area contributed by atoms with E-state index in [1.165, 1.54) is 0 Å². The maximum atomic E-state index is 12.2. The molecule has 1 aromatic rings. The molecule has 0 aliphatic rings. The van der Waals surface area contributed by atoms with Crippen LogP contribution < -0.4 is 5.32 Å². The first kappa shape index (κ1) is 14.7. The molecular weight excluding hydrogens is 230 g/mol. The fourth-order valence-electron chi connectivity index (χ4n) is 1.94. The lowest BCUT2D eigenvalue weighted by Gasteiger charge is -2.21. The third kappa shape index (κ3) is 3.57. The summed E-state index contributed by atoms with van der Waals surface area (Å²) < 4.78 is 1.66. The first-order valence-electron chi connectivity index (χ1n) is 6.43. The fraction of sp³-hybridized carbons (Fsp3) is 0.692. The Kier molecular flexibility index (Phi) is 5.34. The van der Waals surface area contributed by atoms with E-state index < -0.39 is 0 Å². The molecule has 0 aromatic carbocycles. The molecule has 1 atom stereocenters. The average Bonchev–Trinajstić information content (AvgIpc) is 2.69. The van der Waals surface area contributed by atoms with Crippen LogP contribution in [0.4, 0.5) is 0 Å². The zero-order valence-corrected chi connectivity index (χ0v) is 11.6. The van der Waals surface area contributed by atoms with E-state index in [1.54, 1.807) is 10.9 Å². The van der Waals surface area contributed by atoms with Crippen LogP contribution in [0.15, 0.2) is 6.20 Å². The van der Waals surface area contributed by atoms with E-state index in [0.29, 0.717) is 17.9 Å². The highest BCUT2D eigenvalue weighted by molar-refractivity contribution is 5.95. The quantitative estimate of drug-likeness (QED) is 0.798. The summed E-state index contributed by atoms with van der Waals surface area (Å²) in [4.78, 5) is 12.2. The smallest absolute Gasteiger partial charge is 0.254 e. The van der Waals surface area contributed by atoms with Crippen molar-refractivity contribution in [2.24, 2.45) is 13.0 Å². The van der Waals surface area contributed by atoms with Crippen molar-refractivity contribution in [3.05, 3.63) is 17.5 Å². The molecule has 0 bridgehead atoms. The molecule has 0 aliphatic heterocycles. The molecule has 102 valence electrons. The molecule has 1 rings (SSSR count). The van der Waals surface area contributed by atoms with E-state index in [1.807, 2.05) is 27.8 Å². The van der Waals surface area contributed by atoms with Crippen molar-refractivity contribution < 1.29 is 9.90 Å². The lowest BCUT2D eigenvalue weighted by molar-refractivity contribution is 0.0915. The second-order valence-electron chi connectivity index (χ2n) is 4.85. The van der Waals surface area contributed by atoms with E-state index in [2.05, 4.69) is 10.4 Å². The molecule has 1 amide bonds. The van der Waals surface area contributed by atoms with Gasteiger partial charge in [0.15, 0.2) is 0 Å². The van der Waals surface area contributed by atoms with Gasteiger partial charge in [-0.1, -0.05) is 20.8 Å². The summed E-state index contributed by atoms with van der Waals surface area (Å²) in [6.07, 6.45) is 3.05. The molecule has 0 spiro atoms. The van der Waals surface area contributed by atoms with Gasteiger partial charge in [-0.25, -0.2) is 0 Å². The van der Waals surface area contributed by atoms with Crippen LogP contribution in [0.3, 0.4) is 0 Å². The average molecular weight is 253 g/mol. The predicted molar refractivity (Wildman–Crippen MR) is 70.4 cm³/mol. The van der Waals surface area contributed by atoms with Crippen molar-refractivity contribution in [1.82, 2.24) is 15.1 Å². The molecule has 0 fully saturated rings. The Labute approximate surface area is 108 Å². The minimum absolute atomic E-state index is 0.00703. The van der Waals surface area contributed by atoms with E-state index in [-0.39, 0.29) is 18.6 Å². The summed E-state index contributed by atoms with van der Waals surface area (Å²) >= 11 is 0. The van der Waals surface area contributed by atoms with Crippen LogP contribution in [0, 0.1) is 5.92 Å². The Morgan fingerprint density at radius 2 is 2.22 bits per heavy atom. The molecule has 0 saturated heterocycles. The van der Waals surface area contributed by atoms with Gasteiger partial charge in [-0.05, 0) is 18.8 Å². The molecule has 1 unspecified atom stereocenters. The summed E-state index contributed by atoms with van der Waals surface area (Å²) in [5.74, 6) is 0.190. The van der Waals surface area contributed by atoms with Gasteiger partial charge in [0.1, 0.15) is 0 Å². The van der Waals surface area contributed by atoms with Crippen molar-refractivity contribution in [3.8, 4) is 0 Å². The number of aromatic nitrogens is 2. The standard InChI is InChI=1S/C13H23N3O2/c1-5-11-10(8-16(4)15-11)13(18)14-12(6-7-17)9(2)3/h8-9,12,17H,5-7H2,1-4H3,(H,14,18). The number of rotatable bonds is 6. The molecule has 0 aliphatic carbocycles. The van der Waals surface area contributed by atoms with Crippen molar-refractivity contribution in [1.29, 1.82) is 0 Å². The summed E-state index contributed by atoms with van der Waals surface area (Å²) in [7, 11) is 1.81. The molecule has 0 saturated carbocycles. The van der Waals surface area contributed by atoms with Gasteiger partial charge in [-0.15, -0.1) is 0 Å². The van der Waals surface area contributed by atoms with E-state index >= 15 is 0 Å². The summed E-state index contributed by atoms with van der Waals surface area (Å²) in [6.45, 7) is 6.12. The van der Waals surface area contributed by atoms with E-state index in [0.717, 1.165) is 12.1 Å². The number of hydrogen-bond acceptors (Lipinski definition) is 3. The van der Waals surface area contributed by atoms with Gasteiger partial charge in [0, 0.05) is 25.9 Å². The second-order valence-corrected chi connectivity index (χ2v) is 4.85. The third-order valence-electron chi connectivity index (χ3n) is 3.05. The highest BCUT2D eigenvalue weighted by atomic mass is 16.3. The van der Waals surface area contributed by atoms with Gasteiger partial charge >= 0.3 is 0 Å². The highest BCUT2D eigenvalue weighted by Gasteiger charge is 2.20. The van der Waals surface area contributed by atoms with Crippen molar-refractivity contribution in [3.63, 3.8) is 0 Å². The van der Waals surface area contributed by atoms with Gasteiger partial charge in [-0.3, -0.25) is 9.48 Å². The van der Waals surface area contributed by atoms with Crippen LogP contribution in [0.5, 0.6) is 0 Å². The van der Waals surface area contributed by atoms with Crippen molar-refractivity contribution >= 4 is 5.91 Å². The van der Waals surface area contributed by atoms with Crippen LogP contribution >= 0.6 is 0 Å². The van der Waals surface area contributed by atoms with Crippen LogP contribution in [-0.4, -0.2) is 33.4 Å². The molecule has 1 heterocycles. The Balaban J connectivity index is 2.79. The SMILES string of the molecule is CCc1nn(C)cc1C(=O)NC(CCO)C(C)C. The maximum Gasteiger partial charge on any atom is 0.254 e. The number of carbonyl (C=O) groups is 1. The summed E-state index contributed by atoms with van der Waals surface area (Å²) in [5.41, 5.74) is 1.44. The first-order valence-corrected chi connectivity index (χ1v) is 6.43. The Bertz CT molecular complexity index is 399. The normalized spacial score (nSPS) is 12.8. The fourth-order valence-corrected chi connectivity index (χ4v) is 1.94. The van der Waals surface area contributed by atoms with Crippen LogP contribution in [0.1, 0.15) is 43.2 Å². The molecule has 5 heteroatoms. The van der Waals surface area contributed by atoms with Gasteiger partial charge in [-0.2, -0.15) is 5.10 Å². The maximum absolute atomic E-state index is 12.2. The monoisotopic (exact) mass is 253 g/mol. The molecule has 1 aromatic heterocycles. The third-order valence-corrected chi connectivity index (χ3v) is 3.05. The number of aryl methyl sites for hydroxylation is 2. The summed E-state index contributed by atoms with van der Waals surface area (Å²) in [6, 6.07) is -0.00703. The first-order chi connectivity index (χ1) is 8.49. The van der Waals surface area contributed by atoms with Crippen LogP contribution in [-0.2, 0) is 13.5 Å². The molecule has 18 heavy (non-hydrogen) atoms. The lowest BCUT2D eigenvalue weighted by Crippen LogP contribution is -2.39. The molecular formula is C13H23N3O2. The highest BCUT2D eigenvalue weighted by Crippen LogP contribution is 2.10. The Hall–Kier alpha value is -1.36. The Morgan fingerprint density at radius 1 is 1.56 bits per heavy atom. The minimum atomic E-state index is -0.105. The number of carbonyl (C=O) groups excluding carboxylic acids is 1. The van der Waals surface area contributed by atoms with E-state index in [4.69, 9.17) is 5.11 Å². The van der Waals surface area contributed by atoms with Crippen LogP contribution in [0.2, 0.25) is 0 Å². The van der Waals surface area contributed by atoms with Crippen molar-refractivity contribution in [2.75, 3.05) is 6.61 Å². The molecule has 2 N–H and O–H groups in total. The number of nitrogens with zero attached hydrogens (tertiary/aromatic N) is 2. The zero-order valence-electron chi connectivity index (χ0n) is 11.6. The van der Waals surface area contributed by atoms with Crippen LogP contribution in [0.25, 0.3) is 0 Å². The van der Waals surface area contributed by atoms with Gasteiger partial charge in [0.25, 0.3) is 5.91 Å². The number of aliphatic hydroxyl groups is 1. The van der Waals surface area contributed by atoms with Gasteiger partial charge in [0.05, 0.1) is 11.3 Å². The number of aliphatic hydroxyl groups excluding tert-OH is 1. The largest absolute Gasteiger partial charge is 0.396 e. The lowest BCUT2D eigenvalue weighted by atomic mass is 10.0. The van der Waals surface area contributed by atoms with Gasteiger partial charge < -0.3 is 10.4 Å². The zero-order chi connectivity index (χ0) is 13.7. The minimum Gasteiger partial charge on any atom is -0.396 e. The topological polar surface area (TPSA) is 67.2 Å². The summed E-state index contributed by atoms with van der Waals surface area (Å²) in [5, 5.41) is 16.2. The van der Waals surface area contributed by atoms with Crippen molar-refractivity contribution in [2.45, 2.75) is 39.7 Å². The molecule has 5 nitrogen and oxygen atoms in total. The number of nitrogens with one attached hydrogen (secondary N) is 1. The van der Waals surface area contributed by atoms with E-state index in [9.17, 15) is 4.79 Å². The van der Waals surface area contributed by atoms with Gasteiger partial charge in [0.2, 0.25) is 0 Å². The number of hydrogen-bond donors (Lipinski definition) is 2. The second kappa shape index (κ2) is 6.54. The Morgan fingerprint density at radius 3 is 2.72 bits per heavy atom. The number of amides is 1. The predicted octanol–water partition coefficient (Wildman–Crippen LogP) is 1.12. The molecule has 0 radical (unpaired) electrons.